The van der Waals surface area contributed by atoms with E-state index < -0.39 is 15.7 Å². The van der Waals surface area contributed by atoms with Crippen LogP contribution >= 0.6 is 0 Å². The summed E-state index contributed by atoms with van der Waals surface area (Å²) in [7, 11) is -1.09. The number of nitrogens with one attached hydrogen (secondary N) is 1. The smallest absolute Gasteiger partial charge is 0.240 e. The van der Waals surface area contributed by atoms with Gasteiger partial charge in [0.15, 0.2) is 0 Å². The Bertz CT molecular complexity index is 483. The average molecular weight is 264 g/mol. The molecular weight excluding hydrogens is 248 g/mol. The minimum Gasteiger partial charge on any atom is -0.316 e. The van der Waals surface area contributed by atoms with Crippen molar-refractivity contribution >= 4 is 22.4 Å². The van der Waals surface area contributed by atoms with Crippen molar-refractivity contribution in [1.29, 1.82) is 0 Å². The van der Waals surface area contributed by atoms with Gasteiger partial charge in [0.1, 0.15) is 10.6 Å². The molecule has 1 atom stereocenters. The topological polar surface area (TPSA) is 49.4 Å². The number of hydrogen-bond acceptors (Lipinski definition) is 3. The first-order chi connectivity index (χ1) is 8.74. The van der Waals surface area contributed by atoms with Gasteiger partial charge in [-0.05, 0) is 38.1 Å². The normalized spacial score (nSPS) is 26.8. The maximum atomic E-state index is 12.4. The molecule has 1 aromatic carbocycles. The van der Waals surface area contributed by atoms with Gasteiger partial charge in [-0.2, -0.15) is 0 Å². The molecule has 2 saturated heterocycles. The number of piperidine rings is 1. The molecular formula is C13H16N2O2S. The average Bonchev–Trinajstić information content (AvgIpc) is 2.63. The van der Waals surface area contributed by atoms with Crippen LogP contribution in [0.1, 0.15) is 12.8 Å². The number of rotatable bonds is 1. The first-order valence-corrected chi connectivity index (χ1v) is 7.53. The first-order valence-electron chi connectivity index (χ1n) is 6.21. The Morgan fingerprint density at radius 1 is 1.17 bits per heavy atom. The molecule has 2 heterocycles. The number of anilines is 1. The van der Waals surface area contributed by atoms with E-state index >= 15 is 0 Å². The van der Waals surface area contributed by atoms with Crippen LogP contribution in [0.4, 0.5) is 5.69 Å². The lowest BCUT2D eigenvalue weighted by atomic mass is 10.0. The van der Waals surface area contributed by atoms with Gasteiger partial charge in [0.2, 0.25) is 5.91 Å². The van der Waals surface area contributed by atoms with Crippen LogP contribution in [-0.2, 0) is 15.6 Å². The molecule has 2 fully saturated rings. The lowest BCUT2D eigenvalue weighted by molar-refractivity contribution is -0.116. The predicted octanol–water partition coefficient (Wildman–Crippen LogP) is 0.862. The summed E-state index contributed by atoms with van der Waals surface area (Å²) in [6.45, 7) is 1.64. The van der Waals surface area contributed by atoms with Crippen LogP contribution in [0.15, 0.2) is 30.3 Å². The van der Waals surface area contributed by atoms with E-state index in [1.807, 2.05) is 30.3 Å². The van der Waals surface area contributed by atoms with Crippen LogP contribution in [0.3, 0.4) is 0 Å². The summed E-state index contributed by atoms with van der Waals surface area (Å²) in [5, 5.41) is 3.27. The van der Waals surface area contributed by atoms with Crippen molar-refractivity contribution in [3.05, 3.63) is 30.3 Å². The molecule has 5 heteroatoms. The van der Waals surface area contributed by atoms with Crippen LogP contribution in [-0.4, -0.2) is 33.8 Å². The third-order valence-corrected chi connectivity index (χ3v) is 5.68. The molecule has 0 saturated carbocycles. The van der Waals surface area contributed by atoms with Crippen molar-refractivity contribution in [2.24, 2.45) is 0 Å². The minimum absolute atomic E-state index is 0.0126. The highest BCUT2D eigenvalue weighted by Crippen LogP contribution is 2.39. The van der Waals surface area contributed by atoms with Crippen molar-refractivity contribution in [3.8, 4) is 0 Å². The monoisotopic (exact) mass is 264 g/mol. The van der Waals surface area contributed by atoms with Crippen molar-refractivity contribution in [1.82, 2.24) is 5.32 Å². The number of hydrogen-bond donors (Lipinski definition) is 1. The molecule has 4 nitrogen and oxygen atoms in total. The van der Waals surface area contributed by atoms with E-state index in [1.54, 1.807) is 4.90 Å². The SMILES string of the molecule is O=C1CS(=O)C2(CCNCC2)N1c1ccccc1. The van der Waals surface area contributed by atoms with E-state index in [-0.39, 0.29) is 11.7 Å². The molecule has 18 heavy (non-hydrogen) atoms. The fourth-order valence-electron chi connectivity index (χ4n) is 2.87. The molecule has 0 aliphatic carbocycles. The zero-order valence-corrected chi connectivity index (χ0v) is 10.9. The summed E-state index contributed by atoms with van der Waals surface area (Å²) in [6.07, 6.45) is 1.53. The van der Waals surface area contributed by atoms with Crippen molar-refractivity contribution in [2.75, 3.05) is 23.7 Å². The van der Waals surface area contributed by atoms with Gasteiger partial charge in [-0.3, -0.25) is 13.9 Å². The first kappa shape index (κ1) is 11.9. The van der Waals surface area contributed by atoms with E-state index in [4.69, 9.17) is 0 Å². The van der Waals surface area contributed by atoms with Crippen LogP contribution in [0.25, 0.3) is 0 Å². The Balaban J connectivity index is 2.04. The largest absolute Gasteiger partial charge is 0.316 e. The number of benzene rings is 1. The van der Waals surface area contributed by atoms with Crippen molar-refractivity contribution < 1.29 is 9.00 Å². The van der Waals surface area contributed by atoms with Gasteiger partial charge in [-0.15, -0.1) is 0 Å². The number of carbonyl (C=O) groups is 1. The Hall–Kier alpha value is -1.20. The maximum Gasteiger partial charge on any atom is 0.240 e. The van der Waals surface area contributed by atoms with E-state index in [1.165, 1.54) is 0 Å². The van der Waals surface area contributed by atoms with Gasteiger partial charge in [0.05, 0.1) is 10.8 Å². The van der Waals surface area contributed by atoms with Crippen LogP contribution in [0.2, 0.25) is 0 Å². The second-order valence-corrected chi connectivity index (χ2v) is 6.49. The third kappa shape index (κ3) is 1.69. The van der Waals surface area contributed by atoms with E-state index in [2.05, 4.69) is 5.32 Å². The summed E-state index contributed by atoms with van der Waals surface area (Å²) < 4.78 is 12.4. The zero-order valence-electron chi connectivity index (χ0n) is 10.1. The van der Waals surface area contributed by atoms with Gasteiger partial charge in [-0.25, -0.2) is 0 Å². The Morgan fingerprint density at radius 2 is 1.83 bits per heavy atom. The summed E-state index contributed by atoms with van der Waals surface area (Å²) in [4.78, 5) is 13.5. The molecule has 0 aromatic heterocycles. The van der Waals surface area contributed by atoms with E-state index in [9.17, 15) is 9.00 Å². The van der Waals surface area contributed by atoms with Crippen LogP contribution in [0, 0.1) is 0 Å². The number of nitrogens with zero attached hydrogens (tertiary/aromatic N) is 1. The van der Waals surface area contributed by atoms with Crippen LogP contribution in [0.5, 0.6) is 0 Å². The van der Waals surface area contributed by atoms with Crippen LogP contribution < -0.4 is 10.2 Å². The van der Waals surface area contributed by atoms with Gasteiger partial charge in [-0.1, -0.05) is 18.2 Å². The summed E-state index contributed by atoms with van der Waals surface area (Å²) in [5.74, 6) is 0.149. The molecule has 1 spiro atoms. The Labute approximate surface area is 109 Å². The molecule has 2 aliphatic rings. The number of carbonyl (C=O) groups excluding carboxylic acids is 1. The van der Waals surface area contributed by atoms with Gasteiger partial charge < -0.3 is 5.32 Å². The van der Waals surface area contributed by atoms with Crippen molar-refractivity contribution in [3.63, 3.8) is 0 Å². The molecule has 3 rings (SSSR count). The highest BCUT2D eigenvalue weighted by atomic mass is 32.2. The molecule has 1 aromatic rings. The second kappa shape index (κ2) is 4.48. The fourth-order valence-corrected chi connectivity index (χ4v) is 4.56. The Kier molecular flexibility index (Phi) is 2.95. The molecule has 1 unspecified atom stereocenters. The predicted molar refractivity (Wildman–Crippen MR) is 71.8 cm³/mol. The minimum atomic E-state index is -1.09. The van der Waals surface area contributed by atoms with Crippen molar-refractivity contribution in [2.45, 2.75) is 17.7 Å². The molecule has 0 radical (unpaired) electrons. The lowest BCUT2D eigenvalue weighted by Crippen LogP contribution is -2.54. The van der Waals surface area contributed by atoms with Gasteiger partial charge in [0.25, 0.3) is 0 Å². The van der Waals surface area contributed by atoms with E-state index in [0.29, 0.717) is 0 Å². The number of para-hydroxylation sites is 1. The molecule has 1 N–H and O–H groups in total. The fraction of sp³-hybridized carbons (Fsp3) is 0.462. The molecule has 1 amide bonds. The number of amides is 1. The van der Waals surface area contributed by atoms with Gasteiger partial charge in [0, 0.05) is 5.69 Å². The van der Waals surface area contributed by atoms with Gasteiger partial charge >= 0.3 is 0 Å². The second-order valence-electron chi connectivity index (χ2n) is 4.75. The Morgan fingerprint density at radius 3 is 2.50 bits per heavy atom. The summed E-state index contributed by atoms with van der Waals surface area (Å²) >= 11 is 0. The highest BCUT2D eigenvalue weighted by Gasteiger charge is 2.52. The zero-order chi connectivity index (χ0) is 12.6. The summed E-state index contributed by atoms with van der Waals surface area (Å²) in [6, 6.07) is 9.60. The lowest BCUT2D eigenvalue weighted by Gasteiger charge is -2.40. The molecule has 96 valence electrons. The highest BCUT2D eigenvalue weighted by molar-refractivity contribution is 7.88. The molecule has 0 bridgehead atoms. The third-order valence-electron chi connectivity index (χ3n) is 3.73. The van der Waals surface area contributed by atoms with E-state index in [0.717, 1.165) is 31.6 Å². The summed E-state index contributed by atoms with van der Waals surface area (Å²) in [5.41, 5.74) is 0.871. The quantitative estimate of drug-likeness (QED) is 0.818. The maximum absolute atomic E-state index is 12.4. The molecule has 2 aliphatic heterocycles. The standard InChI is InChI=1S/C13H16N2O2S/c16-12-10-18(17)13(6-8-14-9-7-13)15(12)11-4-2-1-3-5-11/h1-5,14H,6-10H2.